The molecule has 1 N–H and O–H groups in total. The molecule has 0 spiro atoms. The highest BCUT2D eigenvalue weighted by molar-refractivity contribution is 6.31. The molecule has 0 saturated heterocycles. The number of carbonyl (C=O) groups excluding carboxylic acids is 1. The lowest BCUT2D eigenvalue weighted by atomic mass is 10.1. The number of hydrogen-bond donors (Lipinski definition) is 1. The third kappa shape index (κ3) is 1.93. The number of methoxy groups -OCH3 is 1. The smallest absolute Gasteiger partial charge is 0.341 e. The number of benzene rings is 1. The number of hydrogen-bond acceptors (Lipinski definition) is 4. The Labute approximate surface area is 98.5 Å². The third-order valence-electron chi connectivity index (χ3n) is 2.36. The Hall–Kier alpha value is -1.42. The number of ether oxygens (including phenoxy) is 2. The zero-order valence-corrected chi connectivity index (χ0v) is 9.80. The van der Waals surface area contributed by atoms with Crippen LogP contribution in [0.25, 0.3) is 0 Å². The van der Waals surface area contributed by atoms with E-state index in [4.69, 9.17) is 16.3 Å². The van der Waals surface area contributed by atoms with Crippen LogP contribution in [-0.2, 0) is 4.74 Å². The van der Waals surface area contributed by atoms with Crippen LogP contribution in [0.4, 0.5) is 5.69 Å². The van der Waals surface area contributed by atoms with Crippen LogP contribution < -0.4 is 10.1 Å². The Balaban J connectivity index is 2.51. The summed E-state index contributed by atoms with van der Waals surface area (Å²) in [6.45, 7) is 2.61. The molecule has 0 aromatic heterocycles. The molecule has 16 heavy (non-hydrogen) atoms. The summed E-state index contributed by atoms with van der Waals surface area (Å²) in [7, 11) is 1.33. The molecule has 1 aliphatic heterocycles. The molecular weight excluding hydrogens is 230 g/mol. The number of rotatable bonds is 1. The average Bonchev–Trinajstić information content (AvgIpc) is 2.27. The summed E-state index contributed by atoms with van der Waals surface area (Å²) in [5.74, 6) is 0.0599. The van der Waals surface area contributed by atoms with E-state index in [1.54, 1.807) is 12.1 Å². The summed E-state index contributed by atoms with van der Waals surface area (Å²) >= 11 is 5.92. The van der Waals surface area contributed by atoms with Crippen molar-refractivity contribution >= 4 is 23.3 Å². The molecule has 0 saturated carbocycles. The van der Waals surface area contributed by atoms with Crippen molar-refractivity contribution in [2.24, 2.45) is 0 Å². The van der Waals surface area contributed by atoms with E-state index in [2.05, 4.69) is 10.1 Å². The summed E-state index contributed by atoms with van der Waals surface area (Å²) in [5.41, 5.74) is 1.08. The molecule has 1 unspecified atom stereocenters. The van der Waals surface area contributed by atoms with Gasteiger partial charge in [-0.1, -0.05) is 11.6 Å². The molecule has 0 amide bonds. The van der Waals surface area contributed by atoms with Crippen LogP contribution in [0.1, 0.15) is 17.3 Å². The number of halogens is 1. The third-order valence-corrected chi connectivity index (χ3v) is 2.58. The second-order valence-corrected chi connectivity index (χ2v) is 4.07. The molecule has 0 fully saturated rings. The molecule has 1 aliphatic rings. The van der Waals surface area contributed by atoms with Gasteiger partial charge in [0.1, 0.15) is 11.7 Å². The van der Waals surface area contributed by atoms with Crippen molar-refractivity contribution in [3.8, 4) is 5.75 Å². The molecule has 1 atom stereocenters. The van der Waals surface area contributed by atoms with Gasteiger partial charge in [0, 0.05) is 5.02 Å². The quantitative estimate of drug-likeness (QED) is 0.767. The van der Waals surface area contributed by atoms with Crippen LogP contribution in [0, 0.1) is 0 Å². The fraction of sp³-hybridized carbons (Fsp3) is 0.364. The molecule has 1 aromatic rings. The predicted molar refractivity (Wildman–Crippen MR) is 61.4 cm³/mol. The van der Waals surface area contributed by atoms with Crippen LogP contribution in [0.5, 0.6) is 5.75 Å². The molecule has 1 aromatic carbocycles. The standard InChI is InChI=1S/C11H12ClNO3/c1-6-5-13-9-4-7(12)3-8(10(9)16-6)11(14)15-2/h3-4,6,13H,5H2,1-2H3. The van der Waals surface area contributed by atoms with Crippen molar-refractivity contribution in [3.63, 3.8) is 0 Å². The fourth-order valence-electron chi connectivity index (χ4n) is 1.61. The first-order valence-electron chi connectivity index (χ1n) is 4.94. The van der Waals surface area contributed by atoms with E-state index in [-0.39, 0.29) is 6.10 Å². The number of anilines is 1. The van der Waals surface area contributed by atoms with Crippen molar-refractivity contribution in [1.29, 1.82) is 0 Å². The highest BCUT2D eigenvalue weighted by atomic mass is 35.5. The van der Waals surface area contributed by atoms with Gasteiger partial charge in [-0.3, -0.25) is 0 Å². The van der Waals surface area contributed by atoms with Gasteiger partial charge in [-0.15, -0.1) is 0 Å². The lowest BCUT2D eigenvalue weighted by molar-refractivity contribution is 0.0593. The van der Waals surface area contributed by atoms with E-state index >= 15 is 0 Å². The minimum atomic E-state index is -0.449. The second kappa shape index (κ2) is 4.22. The lowest BCUT2D eigenvalue weighted by Crippen LogP contribution is -2.29. The normalized spacial score (nSPS) is 18.1. The average molecular weight is 242 g/mol. The Bertz CT molecular complexity index is 433. The topological polar surface area (TPSA) is 47.6 Å². The number of fused-ring (bicyclic) bond motifs is 1. The van der Waals surface area contributed by atoms with Gasteiger partial charge in [-0.2, -0.15) is 0 Å². The maximum atomic E-state index is 11.6. The number of nitrogens with one attached hydrogen (secondary N) is 1. The largest absolute Gasteiger partial charge is 0.486 e. The number of esters is 1. The highest BCUT2D eigenvalue weighted by Crippen LogP contribution is 2.36. The number of carbonyl (C=O) groups is 1. The van der Waals surface area contributed by atoms with Crippen molar-refractivity contribution in [2.75, 3.05) is 19.0 Å². The van der Waals surface area contributed by atoms with Crippen LogP contribution in [-0.4, -0.2) is 25.7 Å². The monoisotopic (exact) mass is 241 g/mol. The van der Waals surface area contributed by atoms with Crippen LogP contribution in [0.2, 0.25) is 5.02 Å². The highest BCUT2D eigenvalue weighted by Gasteiger charge is 2.23. The lowest BCUT2D eigenvalue weighted by Gasteiger charge is -2.26. The minimum absolute atomic E-state index is 0.0112. The SMILES string of the molecule is COC(=O)c1cc(Cl)cc2c1OC(C)CN2. The van der Waals surface area contributed by atoms with Gasteiger partial charge in [0.2, 0.25) is 0 Å². The first kappa shape index (κ1) is 11.1. The molecule has 0 radical (unpaired) electrons. The summed E-state index contributed by atoms with van der Waals surface area (Å²) in [4.78, 5) is 11.6. The molecule has 86 valence electrons. The molecule has 4 nitrogen and oxygen atoms in total. The Morgan fingerprint density at radius 1 is 1.62 bits per heavy atom. The van der Waals surface area contributed by atoms with Crippen LogP contribution in [0.15, 0.2) is 12.1 Å². The van der Waals surface area contributed by atoms with Crippen molar-refractivity contribution < 1.29 is 14.3 Å². The zero-order chi connectivity index (χ0) is 11.7. The fourth-order valence-corrected chi connectivity index (χ4v) is 1.83. The minimum Gasteiger partial charge on any atom is -0.486 e. The van der Waals surface area contributed by atoms with Gasteiger partial charge >= 0.3 is 5.97 Å². The molecule has 2 rings (SSSR count). The van der Waals surface area contributed by atoms with E-state index in [0.29, 0.717) is 22.9 Å². The molecule has 5 heteroatoms. The van der Waals surface area contributed by atoms with Crippen LogP contribution >= 0.6 is 11.6 Å². The summed E-state index contributed by atoms with van der Waals surface area (Å²) in [5, 5.41) is 3.63. The second-order valence-electron chi connectivity index (χ2n) is 3.63. The van der Waals surface area contributed by atoms with Gasteiger partial charge < -0.3 is 14.8 Å². The van der Waals surface area contributed by atoms with E-state index in [1.807, 2.05) is 6.92 Å². The first-order valence-corrected chi connectivity index (χ1v) is 5.32. The van der Waals surface area contributed by atoms with Gasteiger partial charge in [0.25, 0.3) is 0 Å². The summed E-state index contributed by atoms with van der Waals surface area (Å²) < 4.78 is 10.3. The maximum absolute atomic E-state index is 11.6. The molecule has 1 heterocycles. The maximum Gasteiger partial charge on any atom is 0.341 e. The van der Waals surface area contributed by atoms with Crippen LogP contribution in [0.3, 0.4) is 0 Å². The van der Waals surface area contributed by atoms with E-state index < -0.39 is 5.97 Å². The van der Waals surface area contributed by atoms with E-state index in [1.165, 1.54) is 7.11 Å². The van der Waals surface area contributed by atoms with Gasteiger partial charge in [-0.05, 0) is 19.1 Å². The van der Waals surface area contributed by atoms with Crippen molar-refractivity contribution in [1.82, 2.24) is 0 Å². The molecule has 0 bridgehead atoms. The Kier molecular flexibility index (Phi) is 2.92. The summed E-state index contributed by atoms with van der Waals surface area (Å²) in [6.07, 6.45) is 0.0112. The predicted octanol–water partition coefficient (Wildman–Crippen LogP) is 2.32. The molecule has 0 aliphatic carbocycles. The van der Waals surface area contributed by atoms with Crippen molar-refractivity contribution in [2.45, 2.75) is 13.0 Å². The van der Waals surface area contributed by atoms with Gasteiger partial charge in [0.15, 0.2) is 5.75 Å². The van der Waals surface area contributed by atoms with Gasteiger partial charge in [-0.25, -0.2) is 4.79 Å². The first-order chi connectivity index (χ1) is 7.61. The summed E-state index contributed by atoms with van der Waals surface area (Å²) in [6, 6.07) is 3.28. The van der Waals surface area contributed by atoms with E-state index in [0.717, 1.165) is 5.69 Å². The Morgan fingerprint density at radius 3 is 3.06 bits per heavy atom. The van der Waals surface area contributed by atoms with Crippen molar-refractivity contribution in [3.05, 3.63) is 22.7 Å². The van der Waals surface area contributed by atoms with E-state index in [9.17, 15) is 4.79 Å². The Morgan fingerprint density at radius 2 is 2.38 bits per heavy atom. The van der Waals surface area contributed by atoms with Gasteiger partial charge in [0.05, 0.1) is 19.3 Å². The molecular formula is C11H12ClNO3. The zero-order valence-electron chi connectivity index (χ0n) is 9.04.